The zero-order valence-corrected chi connectivity index (χ0v) is 15.0. The first-order valence-corrected chi connectivity index (χ1v) is 9.36. The number of amides is 2. The van der Waals surface area contributed by atoms with Gasteiger partial charge in [-0.15, -0.1) is 11.8 Å². The topological polar surface area (TPSA) is 61.9 Å². The van der Waals surface area contributed by atoms with E-state index in [1.165, 1.54) is 11.8 Å². The SMILES string of the molecule is O=C(CN1CSCC1=O)Nc1cc(Br)ccc1N1CCOCC1. The van der Waals surface area contributed by atoms with E-state index in [0.717, 1.165) is 28.9 Å². The number of rotatable bonds is 4. The predicted molar refractivity (Wildman–Crippen MR) is 94.8 cm³/mol. The van der Waals surface area contributed by atoms with Crippen LogP contribution in [0.1, 0.15) is 0 Å². The number of morpholine rings is 1. The minimum atomic E-state index is -0.173. The highest BCUT2D eigenvalue weighted by molar-refractivity contribution is 9.10. The molecule has 6 nitrogen and oxygen atoms in total. The van der Waals surface area contributed by atoms with Gasteiger partial charge in [-0.25, -0.2) is 0 Å². The zero-order valence-electron chi connectivity index (χ0n) is 12.6. The van der Waals surface area contributed by atoms with Crippen LogP contribution in [0.2, 0.25) is 0 Å². The third-order valence-corrected chi connectivity index (χ3v) is 5.18. The van der Waals surface area contributed by atoms with Crippen LogP contribution in [-0.2, 0) is 14.3 Å². The molecule has 0 spiro atoms. The second-order valence-electron chi connectivity index (χ2n) is 5.38. The van der Waals surface area contributed by atoms with Crippen LogP contribution in [0, 0.1) is 0 Å². The molecule has 0 bridgehead atoms. The fourth-order valence-electron chi connectivity index (χ4n) is 2.59. The van der Waals surface area contributed by atoms with Gasteiger partial charge in [0.05, 0.1) is 36.2 Å². The van der Waals surface area contributed by atoms with E-state index in [2.05, 4.69) is 26.1 Å². The molecule has 124 valence electrons. The Kier molecular flexibility index (Phi) is 5.45. The number of carbonyl (C=O) groups excluding carboxylic acids is 2. The number of thioether (sulfide) groups is 1. The zero-order chi connectivity index (χ0) is 16.2. The molecule has 2 fully saturated rings. The van der Waals surface area contributed by atoms with E-state index in [1.54, 1.807) is 4.90 Å². The number of carbonyl (C=O) groups is 2. The number of nitrogens with zero attached hydrogens (tertiary/aromatic N) is 2. The maximum atomic E-state index is 12.3. The molecule has 0 atom stereocenters. The first kappa shape index (κ1) is 16.6. The lowest BCUT2D eigenvalue weighted by molar-refractivity contribution is -0.130. The Bertz CT molecular complexity index is 608. The quantitative estimate of drug-likeness (QED) is 0.835. The molecule has 2 aliphatic heterocycles. The number of ether oxygens (including phenoxy) is 1. The molecule has 0 radical (unpaired) electrons. The van der Waals surface area contributed by atoms with Gasteiger partial charge in [-0.1, -0.05) is 15.9 Å². The molecular formula is C15H18BrN3O3S. The van der Waals surface area contributed by atoms with Crippen LogP contribution < -0.4 is 10.2 Å². The standard InChI is InChI=1S/C15H18BrN3O3S/c16-11-1-2-13(18-3-5-22-6-4-18)12(7-11)17-14(20)8-19-10-23-9-15(19)21/h1-2,7H,3-6,8-10H2,(H,17,20). The van der Waals surface area contributed by atoms with Gasteiger partial charge in [0.1, 0.15) is 6.54 Å². The van der Waals surface area contributed by atoms with E-state index >= 15 is 0 Å². The highest BCUT2D eigenvalue weighted by Crippen LogP contribution is 2.30. The molecular weight excluding hydrogens is 382 g/mol. The van der Waals surface area contributed by atoms with Crippen molar-refractivity contribution in [3.05, 3.63) is 22.7 Å². The Morgan fingerprint density at radius 3 is 2.83 bits per heavy atom. The molecule has 2 amide bonds. The molecule has 0 saturated carbocycles. The Labute approximate surface area is 147 Å². The van der Waals surface area contributed by atoms with Crippen molar-refractivity contribution >= 4 is 50.9 Å². The maximum absolute atomic E-state index is 12.3. The van der Waals surface area contributed by atoms with Crippen molar-refractivity contribution in [2.24, 2.45) is 0 Å². The van der Waals surface area contributed by atoms with Gasteiger partial charge < -0.3 is 19.9 Å². The highest BCUT2D eigenvalue weighted by Gasteiger charge is 2.23. The summed E-state index contributed by atoms with van der Waals surface area (Å²) in [4.78, 5) is 27.7. The lowest BCUT2D eigenvalue weighted by Crippen LogP contribution is -2.37. The highest BCUT2D eigenvalue weighted by atomic mass is 79.9. The smallest absolute Gasteiger partial charge is 0.244 e. The summed E-state index contributed by atoms with van der Waals surface area (Å²) in [5.74, 6) is 0.894. The molecule has 8 heteroatoms. The first-order chi connectivity index (χ1) is 11.1. The molecule has 0 aliphatic carbocycles. The predicted octanol–water partition coefficient (Wildman–Crippen LogP) is 1.76. The number of halogens is 1. The minimum absolute atomic E-state index is 0.0211. The van der Waals surface area contributed by atoms with Gasteiger partial charge >= 0.3 is 0 Å². The third-order valence-electron chi connectivity index (χ3n) is 3.74. The van der Waals surface area contributed by atoms with Crippen molar-refractivity contribution in [1.29, 1.82) is 0 Å². The summed E-state index contributed by atoms with van der Waals surface area (Å²) >= 11 is 4.98. The van der Waals surface area contributed by atoms with Crippen molar-refractivity contribution < 1.29 is 14.3 Å². The van der Waals surface area contributed by atoms with E-state index in [0.29, 0.717) is 24.8 Å². The second-order valence-corrected chi connectivity index (χ2v) is 7.25. The molecule has 0 aromatic heterocycles. The van der Waals surface area contributed by atoms with E-state index in [9.17, 15) is 9.59 Å². The average molecular weight is 400 g/mol. The van der Waals surface area contributed by atoms with E-state index in [4.69, 9.17) is 4.74 Å². The van der Waals surface area contributed by atoms with Crippen LogP contribution in [0.4, 0.5) is 11.4 Å². The molecule has 2 aliphatic rings. The van der Waals surface area contributed by atoms with E-state index in [1.807, 2.05) is 18.2 Å². The number of hydrogen-bond acceptors (Lipinski definition) is 5. The molecule has 1 aromatic carbocycles. The summed E-state index contributed by atoms with van der Waals surface area (Å²) in [5, 5.41) is 2.94. The number of anilines is 2. The second kappa shape index (κ2) is 7.55. The van der Waals surface area contributed by atoms with Crippen LogP contribution in [0.15, 0.2) is 22.7 Å². The van der Waals surface area contributed by atoms with Crippen LogP contribution in [0.3, 0.4) is 0 Å². The molecule has 3 rings (SSSR count). The van der Waals surface area contributed by atoms with E-state index in [-0.39, 0.29) is 18.4 Å². The van der Waals surface area contributed by atoms with Gasteiger partial charge in [-0.05, 0) is 18.2 Å². The Hall–Kier alpha value is -1.25. The van der Waals surface area contributed by atoms with Crippen molar-refractivity contribution in [1.82, 2.24) is 4.90 Å². The number of benzene rings is 1. The van der Waals surface area contributed by atoms with Gasteiger partial charge in [0.15, 0.2) is 0 Å². The van der Waals surface area contributed by atoms with Gasteiger partial charge in [0.25, 0.3) is 0 Å². The summed E-state index contributed by atoms with van der Waals surface area (Å²) in [5.41, 5.74) is 1.73. The summed E-state index contributed by atoms with van der Waals surface area (Å²) in [7, 11) is 0. The fourth-order valence-corrected chi connectivity index (χ4v) is 3.86. The summed E-state index contributed by atoms with van der Waals surface area (Å²) < 4.78 is 6.28. The first-order valence-electron chi connectivity index (χ1n) is 7.41. The number of nitrogens with one attached hydrogen (secondary N) is 1. The van der Waals surface area contributed by atoms with Crippen LogP contribution in [-0.4, -0.2) is 61.2 Å². The normalized spacial score (nSPS) is 18.4. The van der Waals surface area contributed by atoms with Crippen LogP contribution in [0.5, 0.6) is 0 Å². The molecule has 1 N–H and O–H groups in total. The molecule has 23 heavy (non-hydrogen) atoms. The number of hydrogen-bond donors (Lipinski definition) is 1. The molecule has 2 saturated heterocycles. The Morgan fingerprint density at radius 2 is 2.13 bits per heavy atom. The Balaban J connectivity index is 1.71. The third kappa shape index (κ3) is 4.19. The van der Waals surface area contributed by atoms with E-state index < -0.39 is 0 Å². The van der Waals surface area contributed by atoms with Gasteiger partial charge in [-0.2, -0.15) is 0 Å². The fraction of sp³-hybridized carbons (Fsp3) is 0.467. The summed E-state index contributed by atoms with van der Waals surface area (Å²) in [6.07, 6.45) is 0. The van der Waals surface area contributed by atoms with Crippen LogP contribution in [0.25, 0.3) is 0 Å². The van der Waals surface area contributed by atoms with Gasteiger partial charge in [0, 0.05) is 17.6 Å². The lowest BCUT2D eigenvalue weighted by Gasteiger charge is -2.30. The monoisotopic (exact) mass is 399 g/mol. The van der Waals surface area contributed by atoms with Crippen molar-refractivity contribution in [2.75, 3.05) is 54.7 Å². The van der Waals surface area contributed by atoms with Crippen molar-refractivity contribution in [3.8, 4) is 0 Å². The largest absolute Gasteiger partial charge is 0.378 e. The summed E-state index contributed by atoms with van der Waals surface area (Å²) in [6.45, 7) is 3.06. The van der Waals surface area contributed by atoms with Crippen molar-refractivity contribution in [3.63, 3.8) is 0 Å². The average Bonchev–Trinajstić information content (AvgIpc) is 2.93. The van der Waals surface area contributed by atoms with Gasteiger partial charge in [-0.3, -0.25) is 9.59 Å². The maximum Gasteiger partial charge on any atom is 0.244 e. The summed E-state index contributed by atoms with van der Waals surface area (Å²) in [6, 6.07) is 5.84. The lowest BCUT2D eigenvalue weighted by atomic mass is 10.2. The molecule has 1 aromatic rings. The van der Waals surface area contributed by atoms with Crippen molar-refractivity contribution in [2.45, 2.75) is 0 Å². The molecule has 0 unspecified atom stereocenters. The Morgan fingerprint density at radius 1 is 1.35 bits per heavy atom. The van der Waals surface area contributed by atoms with Gasteiger partial charge in [0.2, 0.25) is 11.8 Å². The minimum Gasteiger partial charge on any atom is -0.378 e. The molecule has 2 heterocycles. The van der Waals surface area contributed by atoms with Crippen LogP contribution >= 0.6 is 27.7 Å².